The molecule has 0 amide bonds. The van der Waals surface area contributed by atoms with Gasteiger partial charge in [-0.15, -0.1) is 0 Å². The van der Waals surface area contributed by atoms with E-state index in [0.717, 1.165) is 24.3 Å². The summed E-state index contributed by atoms with van der Waals surface area (Å²) < 4.78 is 40.0. The van der Waals surface area contributed by atoms with Crippen LogP contribution in [-0.4, -0.2) is 46.9 Å². The number of benzene rings is 1. The van der Waals surface area contributed by atoms with E-state index in [4.69, 9.17) is 14.2 Å². The Labute approximate surface area is 132 Å². The first-order valence-electron chi connectivity index (χ1n) is 7.64. The Kier molecular flexibility index (Phi) is 6.51. The van der Waals surface area contributed by atoms with Crippen LogP contribution in [0.15, 0.2) is 24.3 Å². The summed E-state index contributed by atoms with van der Waals surface area (Å²) in [6, 6.07) is 7.26. The van der Waals surface area contributed by atoms with Crippen LogP contribution in [0, 0.1) is 5.92 Å². The van der Waals surface area contributed by atoms with E-state index in [0.29, 0.717) is 26.2 Å². The fraction of sp³-hybridized carbons (Fsp3) is 0.625. The SMILES string of the molecule is COc1ccc(OCCCS(=O)(=O)CC2CCOCC2)cc1. The van der Waals surface area contributed by atoms with Gasteiger partial charge in [-0.3, -0.25) is 0 Å². The second kappa shape index (κ2) is 8.39. The number of sulfone groups is 1. The molecule has 22 heavy (non-hydrogen) atoms. The van der Waals surface area contributed by atoms with Crippen LogP contribution < -0.4 is 9.47 Å². The van der Waals surface area contributed by atoms with E-state index >= 15 is 0 Å². The molecule has 124 valence electrons. The number of rotatable bonds is 8. The van der Waals surface area contributed by atoms with Crippen molar-refractivity contribution in [2.45, 2.75) is 19.3 Å². The summed E-state index contributed by atoms with van der Waals surface area (Å²) in [7, 11) is -1.39. The minimum Gasteiger partial charge on any atom is -0.497 e. The van der Waals surface area contributed by atoms with Crippen LogP contribution in [0.2, 0.25) is 0 Å². The van der Waals surface area contributed by atoms with Crippen LogP contribution in [-0.2, 0) is 14.6 Å². The smallest absolute Gasteiger partial charge is 0.150 e. The number of ether oxygens (including phenoxy) is 3. The Balaban J connectivity index is 1.68. The summed E-state index contributed by atoms with van der Waals surface area (Å²) in [5, 5.41) is 0. The van der Waals surface area contributed by atoms with Crippen LogP contribution in [0.5, 0.6) is 11.5 Å². The first-order valence-corrected chi connectivity index (χ1v) is 9.46. The van der Waals surface area contributed by atoms with Gasteiger partial charge in [0.1, 0.15) is 11.5 Å². The number of hydrogen-bond acceptors (Lipinski definition) is 5. The van der Waals surface area contributed by atoms with Crippen LogP contribution in [0.25, 0.3) is 0 Å². The molecule has 5 nitrogen and oxygen atoms in total. The Hall–Kier alpha value is -1.27. The van der Waals surface area contributed by atoms with E-state index < -0.39 is 9.84 Å². The average molecular weight is 328 g/mol. The van der Waals surface area contributed by atoms with Gasteiger partial charge in [0.05, 0.1) is 25.2 Å². The van der Waals surface area contributed by atoms with Gasteiger partial charge in [-0.25, -0.2) is 8.42 Å². The maximum atomic E-state index is 12.1. The van der Waals surface area contributed by atoms with Crippen LogP contribution >= 0.6 is 0 Å². The zero-order chi connectivity index (χ0) is 15.8. The molecule has 2 rings (SSSR count). The molecule has 0 N–H and O–H groups in total. The molecule has 0 spiro atoms. The summed E-state index contributed by atoms with van der Waals surface area (Å²) >= 11 is 0. The molecule has 0 aromatic heterocycles. The Morgan fingerprint density at radius 1 is 1.14 bits per heavy atom. The minimum atomic E-state index is -3.00. The van der Waals surface area contributed by atoms with Gasteiger partial charge in [-0.05, 0) is 49.4 Å². The molecule has 0 unspecified atom stereocenters. The van der Waals surface area contributed by atoms with Crippen molar-refractivity contribution >= 4 is 9.84 Å². The van der Waals surface area contributed by atoms with Crippen molar-refractivity contribution in [1.82, 2.24) is 0 Å². The molecule has 1 saturated heterocycles. The van der Waals surface area contributed by atoms with Gasteiger partial charge >= 0.3 is 0 Å². The summed E-state index contributed by atoms with van der Waals surface area (Å²) in [6.07, 6.45) is 2.21. The third kappa shape index (κ3) is 5.85. The Morgan fingerprint density at radius 3 is 2.41 bits per heavy atom. The summed E-state index contributed by atoms with van der Waals surface area (Å²) in [6.45, 7) is 1.76. The van der Waals surface area contributed by atoms with Gasteiger partial charge in [-0.2, -0.15) is 0 Å². The molecule has 6 heteroatoms. The van der Waals surface area contributed by atoms with E-state index in [-0.39, 0.29) is 17.4 Å². The molecule has 0 aliphatic carbocycles. The molecule has 1 heterocycles. The summed E-state index contributed by atoms with van der Waals surface area (Å²) in [4.78, 5) is 0. The van der Waals surface area contributed by atoms with Crippen LogP contribution in [0.3, 0.4) is 0 Å². The average Bonchev–Trinajstić information content (AvgIpc) is 2.53. The fourth-order valence-corrected chi connectivity index (χ4v) is 4.27. The lowest BCUT2D eigenvalue weighted by atomic mass is 10.0. The molecule has 1 aliphatic heterocycles. The highest BCUT2D eigenvalue weighted by Crippen LogP contribution is 2.19. The highest BCUT2D eigenvalue weighted by molar-refractivity contribution is 7.91. The van der Waals surface area contributed by atoms with Crippen molar-refractivity contribution in [3.8, 4) is 11.5 Å². The van der Waals surface area contributed by atoms with Gasteiger partial charge in [-0.1, -0.05) is 0 Å². The lowest BCUT2D eigenvalue weighted by Crippen LogP contribution is -2.25. The van der Waals surface area contributed by atoms with Crippen LogP contribution in [0.4, 0.5) is 0 Å². The predicted octanol–water partition coefficient (Wildman–Crippen LogP) is 2.31. The van der Waals surface area contributed by atoms with Crippen molar-refractivity contribution in [3.63, 3.8) is 0 Å². The van der Waals surface area contributed by atoms with E-state index in [1.807, 2.05) is 24.3 Å². The second-order valence-corrected chi connectivity index (χ2v) is 7.78. The lowest BCUT2D eigenvalue weighted by molar-refractivity contribution is 0.0723. The summed E-state index contributed by atoms with van der Waals surface area (Å²) in [5.41, 5.74) is 0. The second-order valence-electron chi connectivity index (χ2n) is 5.55. The van der Waals surface area contributed by atoms with Gasteiger partial charge in [0.2, 0.25) is 0 Å². The molecule has 0 bridgehead atoms. The maximum Gasteiger partial charge on any atom is 0.150 e. The monoisotopic (exact) mass is 328 g/mol. The standard InChI is InChI=1S/C16H24O5S/c1-19-15-3-5-16(6-4-15)21-9-2-12-22(17,18)13-14-7-10-20-11-8-14/h3-6,14H,2,7-13H2,1H3. The zero-order valence-corrected chi connectivity index (χ0v) is 13.8. The van der Waals surface area contributed by atoms with E-state index in [2.05, 4.69) is 0 Å². The van der Waals surface area contributed by atoms with Crippen molar-refractivity contribution < 1.29 is 22.6 Å². The third-order valence-electron chi connectivity index (χ3n) is 3.76. The van der Waals surface area contributed by atoms with Crippen molar-refractivity contribution in [3.05, 3.63) is 24.3 Å². The van der Waals surface area contributed by atoms with Crippen molar-refractivity contribution in [1.29, 1.82) is 0 Å². The quantitative estimate of drug-likeness (QED) is 0.685. The third-order valence-corrected chi connectivity index (χ3v) is 5.65. The van der Waals surface area contributed by atoms with E-state index in [1.165, 1.54) is 0 Å². The number of methoxy groups -OCH3 is 1. The largest absolute Gasteiger partial charge is 0.497 e. The summed E-state index contributed by atoms with van der Waals surface area (Å²) in [5.74, 6) is 2.20. The zero-order valence-electron chi connectivity index (χ0n) is 13.0. The van der Waals surface area contributed by atoms with E-state index in [9.17, 15) is 8.42 Å². The predicted molar refractivity (Wildman–Crippen MR) is 85.3 cm³/mol. The molecule has 1 aliphatic rings. The lowest BCUT2D eigenvalue weighted by Gasteiger charge is -2.21. The van der Waals surface area contributed by atoms with Crippen molar-refractivity contribution in [2.24, 2.45) is 5.92 Å². The normalized spacial score (nSPS) is 16.4. The number of hydrogen-bond donors (Lipinski definition) is 0. The minimum absolute atomic E-state index is 0.181. The van der Waals surface area contributed by atoms with Crippen LogP contribution in [0.1, 0.15) is 19.3 Å². The molecule has 0 radical (unpaired) electrons. The molecule has 0 atom stereocenters. The Morgan fingerprint density at radius 2 is 1.77 bits per heavy atom. The van der Waals surface area contributed by atoms with E-state index in [1.54, 1.807) is 7.11 Å². The van der Waals surface area contributed by atoms with Crippen molar-refractivity contribution in [2.75, 3.05) is 38.4 Å². The first kappa shape index (κ1) is 17.1. The van der Waals surface area contributed by atoms with Gasteiger partial charge in [0, 0.05) is 13.2 Å². The molecular weight excluding hydrogens is 304 g/mol. The first-order chi connectivity index (χ1) is 10.6. The molecule has 0 saturated carbocycles. The van der Waals surface area contributed by atoms with Gasteiger partial charge in [0.15, 0.2) is 9.84 Å². The molecule has 1 aromatic rings. The fourth-order valence-electron chi connectivity index (χ4n) is 2.50. The molecular formula is C16H24O5S. The molecule has 1 fully saturated rings. The highest BCUT2D eigenvalue weighted by atomic mass is 32.2. The molecule has 1 aromatic carbocycles. The maximum absolute atomic E-state index is 12.1. The highest BCUT2D eigenvalue weighted by Gasteiger charge is 2.21. The topological polar surface area (TPSA) is 61.8 Å². The van der Waals surface area contributed by atoms with Gasteiger partial charge < -0.3 is 14.2 Å². The van der Waals surface area contributed by atoms with Gasteiger partial charge in [0.25, 0.3) is 0 Å². The Bertz CT molecular complexity index is 532.